The van der Waals surface area contributed by atoms with Gasteiger partial charge in [0.25, 0.3) is 5.56 Å². The monoisotopic (exact) mass is 580 g/mol. The average molecular weight is 581 g/mol. The molecular weight excluding hydrogens is 556 g/mol. The summed E-state index contributed by atoms with van der Waals surface area (Å²) < 4.78 is 16.2. The Morgan fingerprint density at radius 1 is 1.19 bits per heavy atom. The first-order valence-corrected chi connectivity index (χ1v) is 13.5. The molecule has 10 heteroatoms. The molecule has 4 heterocycles. The van der Waals surface area contributed by atoms with Crippen LogP contribution in [0.15, 0.2) is 72.5 Å². The summed E-state index contributed by atoms with van der Waals surface area (Å²) in [4.78, 5) is 32.0. The van der Waals surface area contributed by atoms with Crippen molar-refractivity contribution >= 4 is 39.3 Å². The van der Waals surface area contributed by atoms with E-state index in [0.29, 0.717) is 38.7 Å². The summed E-state index contributed by atoms with van der Waals surface area (Å²) in [6.07, 6.45) is 3.60. The maximum absolute atomic E-state index is 13.8. The first-order valence-electron chi connectivity index (χ1n) is 11.9. The molecule has 0 spiro atoms. The van der Waals surface area contributed by atoms with Crippen LogP contribution in [-0.4, -0.2) is 26.9 Å². The standard InChI is InChI=1S/C27H25BrN4O4S/c1-5-31-14-20(15(3)30-31)24-23(26(34)35-6-2)16(4)29-27-32(24)25(33)22(37-27)13-19-11-12-21(36-19)17-7-9-18(28)10-8-17/h7-14,24H,5-6H2,1-4H3. The van der Waals surface area contributed by atoms with Crippen LogP contribution in [0.25, 0.3) is 17.4 Å². The number of ether oxygens (including phenoxy) is 1. The second-order valence-corrected chi connectivity index (χ2v) is 10.5. The number of hydrogen-bond donors (Lipinski definition) is 0. The molecule has 1 aliphatic rings. The van der Waals surface area contributed by atoms with Gasteiger partial charge in [-0.25, -0.2) is 9.79 Å². The van der Waals surface area contributed by atoms with Crippen LogP contribution in [0.1, 0.15) is 43.8 Å². The highest BCUT2D eigenvalue weighted by Gasteiger charge is 2.35. The number of furan rings is 1. The van der Waals surface area contributed by atoms with E-state index in [-0.39, 0.29) is 12.2 Å². The van der Waals surface area contributed by atoms with Crippen molar-refractivity contribution in [3.8, 4) is 11.3 Å². The van der Waals surface area contributed by atoms with Gasteiger partial charge in [-0.05, 0) is 52.0 Å². The Morgan fingerprint density at radius 2 is 1.95 bits per heavy atom. The zero-order valence-corrected chi connectivity index (χ0v) is 23.2. The molecule has 0 saturated carbocycles. The number of carbonyl (C=O) groups excluding carboxylic acids is 1. The average Bonchev–Trinajstić information content (AvgIpc) is 3.57. The highest BCUT2D eigenvalue weighted by atomic mass is 79.9. The molecule has 37 heavy (non-hydrogen) atoms. The first kappa shape index (κ1) is 25.2. The molecule has 0 amide bonds. The van der Waals surface area contributed by atoms with Crippen LogP contribution in [0.5, 0.6) is 0 Å². The third kappa shape index (κ3) is 4.67. The summed E-state index contributed by atoms with van der Waals surface area (Å²) in [6.45, 7) is 8.28. The lowest BCUT2D eigenvalue weighted by Crippen LogP contribution is -2.40. The zero-order valence-electron chi connectivity index (χ0n) is 20.8. The Balaban J connectivity index is 1.65. The second-order valence-electron chi connectivity index (χ2n) is 8.54. The Hall–Kier alpha value is -3.50. The molecule has 1 atom stereocenters. The number of aryl methyl sites for hydroxylation is 2. The van der Waals surface area contributed by atoms with Crippen LogP contribution < -0.4 is 14.9 Å². The molecular formula is C27H25BrN4O4S. The lowest BCUT2D eigenvalue weighted by molar-refractivity contribution is -0.139. The number of halogens is 1. The SMILES string of the molecule is CCOC(=O)C1=C(C)N=c2sc(=Cc3ccc(-c4ccc(Br)cc4)o3)c(=O)n2C1c1cn(CC)nc1C. The minimum Gasteiger partial charge on any atom is -0.463 e. The van der Waals surface area contributed by atoms with Gasteiger partial charge in [0.2, 0.25) is 0 Å². The maximum atomic E-state index is 13.8. The fourth-order valence-electron chi connectivity index (χ4n) is 4.38. The number of esters is 1. The Labute approximate surface area is 225 Å². The van der Waals surface area contributed by atoms with Crippen LogP contribution in [0.3, 0.4) is 0 Å². The van der Waals surface area contributed by atoms with Crippen molar-refractivity contribution in [2.45, 2.75) is 40.3 Å². The Bertz CT molecular complexity index is 1710. The number of nitrogens with zero attached hydrogens (tertiary/aromatic N) is 4. The molecule has 1 aliphatic heterocycles. The van der Waals surface area contributed by atoms with Crippen molar-refractivity contribution in [3.05, 3.63) is 95.0 Å². The smallest absolute Gasteiger partial charge is 0.338 e. The van der Waals surface area contributed by atoms with E-state index in [2.05, 4.69) is 26.0 Å². The number of hydrogen-bond acceptors (Lipinski definition) is 7. The number of benzene rings is 1. The number of thiazole rings is 1. The van der Waals surface area contributed by atoms with E-state index in [4.69, 9.17) is 9.15 Å². The maximum Gasteiger partial charge on any atom is 0.338 e. The molecule has 5 rings (SSSR count). The van der Waals surface area contributed by atoms with E-state index < -0.39 is 12.0 Å². The largest absolute Gasteiger partial charge is 0.463 e. The van der Waals surface area contributed by atoms with Crippen molar-refractivity contribution in [1.82, 2.24) is 14.3 Å². The number of carbonyl (C=O) groups is 1. The lowest BCUT2D eigenvalue weighted by Gasteiger charge is -2.24. The fraction of sp³-hybridized carbons (Fsp3) is 0.259. The zero-order chi connectivity index (χ0) is 26.3. The van der Waals surface area contributed by atoms with Crippen LogP contribution in [0.4, 0.5) is 0 Å². The summed E-state index contributed by atoms with van der Waals surface area (Å²) in [7, 11) is 0. The highest BCUT2D eigenvalue weighted by molar-refractivity contribution is 9.10. The van der Waals surface area contributed by atoms with Crippen molar-refractivity contribution < 1.29 is 13.9 Å². The second kappa shape index (κ2) is 10.1. The number of rotatable bonds is 6. The van der Waals surface area contributed by atoms with E-state index in [1.807, 2.05) is 56.4 Å². The van der Waals surface area contributed by atoms with Crippen LogP contribution in [0, 0.1) is 6.92 Å². The third-order valence-corrected chi connectivity index (χ3v) is 7.66. The molecule has 1 aromatic carbocycles. The van der Waals surface area contributed by atoms with Gasteiger partial charge < -0.3 is 9.15 Å². The summed E-state index contributed by atoms with van der Waals surface area (Å²) >= 11 is 4.70. The summed E-state index contributed by atoms with van der Waals surface area (Å²) in [5.74, 6) is 0.764. The summed E-state index contributed by atoms with van der Waals surface area (Å²) in [5, 5.41) is 4.56. The van der Waals surface area contributed by atoms with Gasteiger partial charge in [-0.2, -0.15) is 5.10 Å². The fourth-order valence-corrected chi connectivity index (χ4v) is 5.67. The van der Waals surface area contributed by atoms with Gasteiger partial charge in [0.15, 0.2) is 4.80 Å². The number of aromatic nitrogens is 3. The van der Waals surface area contributed by atoms with Crippen LogP contribution in [0.2, 0.25) is 0 Å². The van der Waals surface area contributed by atoms with Gasteiger partial charge in [-0.15, -0.1) is 0 Å². The quantitative estimate of drug-likeness (QED) is 0.316. The molecule has 0 bridgehead atoms. The summed E-state index contributed by atoms with van der Waals surface area (Å²) in [6, 6.07) is 10.8. The van der Waals surface area contributed by atoms with Crippen molar-refractivity contribution in [3.63, 3.8) is 0 Å². The molecule has 8 nitrogen and oxygen atoms in total. The van der Waals surface area contributed by atoms with E-state index >= 15 is 0 Å². The molecule has 0 saturated heterocycles. The Kier molecular flexibility index (Phi) is 6.87. The van der Waals surface area contributed by atoms with Gasteiger partial charge in [-0.1, -0.05) is 39.4 Å². The van der Waals surface area contributed by atoms with E-state index in [1.54, 1.807) is 29.2 Å². The van der Waals surface area contributed by atoms with Crippen LogP contribution in [-0.2, 0) is 16.1 Å². The van der Waals surface area contributed by atoms with Crippen LogP contribution >= 0.6 is 27.3 Å². The minimum atomic E-state index is -0.687. The van der Waals surface area contributed by atoms with Gasteiger partial charge in [-0.3, -0.25) is 14.0 Å². The predicted molar refractivity (Wildman–Crippen MR) is 145 cm³/mol. The van der Waals surface area contributed by atoms with Gasteiger partial charge in [0, 0.05) is 34.4 Å². The van der Waals surface area contributed by atoms with Crippen molar-refractivity contribution in [2.75, 3.05) is 6.61 Å². The molecule has 190 valence electrons. The lowest BCUT2D eigenvalue weighted by atomic mass is 9.96. The summed E-state index contributed by atoms with van der Waals surface area (Å²) in [5.41, 5.74) is 3.05. The molecule has 3 aromatic heterocycles. The number of fused-ring (bicyclic) bond motifs is 1. The minimum absolute atomic E-state index is 0.221. The normalized spacial score (nSPS) is 15.6. The highest BCUT2D eigenvalue weighted by Crippen LogP contribution is 2.32. The third-order valence-electron chi connectivity index (χ3n) is 6.15. The van der Waals surface area contributed by atoms with E-state index in [9.17, 15) is 9.59 Å². The molecule has 0 fully saturated rings. The van der Waals surface area contributed by atoms with Gasteiger partial charge in [0.05, 0.1) is 28.1 Å². The number of allylic oxidation sites excluding steroid dienone is 1. The van der Waals surface area contributed by atoms with E-state index in [1.165, 1.54) is 11.3 Å². The molecule has 0 aliphatic carbocycles. The van der Waals surface area contributed by atoms with Gasteiger partial charge >= 0.3 is 5.97 Å². The predicted octanol–water partition coefficient (Wildman–Crippen LogP) is 4.35. The topological polar surface area (TPSA) is 91.6 Å². The first-order chi connectivity index (χ1) is 17.8. The molecule has 0 N–H and O–H groups in total. The Morgan fingerprint density at radius 3 is 2.62 bits per heavy atom. The molecule has 4 aromatic rings. The molecule has 1 unspecified atom stereocenters. The molecule has 0 radical (unpaired) electrons. The van der Waals surface area contributed by atoms with Crippen molar-refractivity contribution in [1.29, 1.82) is 0 Å². The van der Waals surface area contributed by atoms with E-state index in [0.717, 1.165) is 21.3 Å². The van der Waals surface area contributed by atoms with Crippen molar-refractivity contribution in [2.24, 2.45) is 4.99 Å². The van der Waals surface area contributed by atoms with Gasteiger partial charge in [0.1, 0.15) is 17.6 Å².